The molecule has 0 saturated carbocycles. The third kappa shape index (κ3) is 4.85. The van der Waals surface area contributed by atoms with Crippen LogP contribution in [-0.4, -0.2) is 64.9 Å². The van der Waals surface area contributed by atoms with Gasteiger partial charge < -0.3 is 19.9 Å². The normalized spacial score (nSPS) is 13.6. The fourth-order valence-electron chi connectivity index (χ4n) is 3.59. The molecule has 8 heteroatoms. The average Bonchev–Trinajstić information content (AvgIpc) is 2.84. The molecule has 0 unspecified atom stereocenters. The van der Waals surface area contributed by atoms with E-state index in [0.29, 0.717) is 37.7 Å². The van der Waals surface area contributed by atoms with Crippen LogP contribution in [-0.2, 0) is 4.79 Å². The fourth-order valence-corrected chi connectivity index (χ4v) is 3.59. The van der Waals surface area contributed by atoms with E-state index in [9.17, 15) is 9.59 Å². The maximum Gasteiger partial charge on any atom is 0.254 e. The van der Waals surface area contributed by atoms with Gasteiger partial charge in [0.2, 0.25) is 11.9 Å². The molecule has 0 bridgehead atoms. The molecule has 2 aromatic carbocycles. The number of amides is 2. The van der Waals surface area contributed by atoms with Crippen LogP contribution in [0.2, 0.25) is 0 Å². The fraction of sp³-hybridized carbons (Fsp3) is 0.250. The molecule has 2 amide bonds. The summed E-state index contributed by atoms with van der Waals surface area (Å²) in [5, 5.41) is 3.16. The minimum Gasteiger partial charge on any atom is -0.497 e. The van der Waals surface area contributed by atoms with Crippen molar-refractivity contribution in [3.8, 4) is 16.9 Å². The number of nitrogens with zero attached hydrogens (tertiary/aromatic N) is 4. The minimum absolute atomic E-state index is 0.0429. The summed E-state index contributed by atoms with van der Waals surface area (Å²) in [4.78, 5) is 36.7. The third-order valence-corrected chi connectivity index (χ3v) is 5.45. The number of benzene rings is 2. The Morgan fingerprint density at radius 1 is 0.906 bits per heavy atom. The Morgan fingerprint density at radius 3 is 2.19 bits per heavy atom. The quantitative estimate of drug-likeness (QED) is 0.668. The zero-order valence-corrected chi connectivity index (χ0v) is 18.1. The van der Waals surface area contributed by atoms with E-state index >= 15 is 0 Å². The van der Waals surface area contributed by atoms with Gasteiger partial charge in [-0.25, -0.2) is 9.97 Å². The molecule has 0 aliphatic carbocycles. The molecular formula is C24H25N5O3. The molecule has 164 valence electrons. The van der Waals surface area contributed by atoms with Crippen LogP contribution in [0.15, 0.2) is 60.9 Å². The summed E-state index contributed by atoms with van der Waals surface area (Å²) in [6, 6.07) is 15.0. The molecule has 4 rings (SSSR count). The first kappa shape index (κ1) is 21.3. The van der Waals surface area contributed by atoms with Crippen LogP contribution >= 0.6 is 0 Å². The van der Waals surface area contributed by atoms with Crippen molar-refractivity contribution in [3.05, 3.63) is 66.5 Å². The van der Waals surface area contributed by atoms with E-state index in [-0.39, 0.29) is 11.8 Å². The summed E-state index contributed by atoms with van der Waals surface area (Å²) in [5.41, 5.74) is 3.21. The van der Waals surface area contributed by atoms with Gasteiger partial charge in [-0.2, -0.15) is 0 Å². The van der Waals surface area contributed by atoms with E-state index in [4.69, 9.17) is 4.74 Å². The molecule has 32 heavy (non-hydrogen) atoms. The molecular weight excluding hydrogens is 406 g/mol. The first-order valence-corrected chi connectivity index (χ1v) is 10.4. The van der Waals surface area contributed by atoms with E-state index < -0.39 is 0 Å². The van der Waals surface area contributed by atoms with Crippen molar-refractivity contribution < 1.29 is 14.3 Å². The molecule has 1 N–H and O–H groups in total. The van der Waals surface area contributed by atoms with Gasteiger partial charge in [-0.1, -0.05) is 18.2 Å². The maximum atomic E-state index is 12.9. The van der Waals surface area contributed by atoms with E-state index in [1.165, 1.54) is 0 Å². The van der Waals surface area contributed by atoms with Crippen LogP contribution in [0.3, 0.4) is 0 Å². The Bertz CT molecular complexity index is 1090. The zero-order chi connectivity index (χ0) is 22.5. The third-order valence-electron chi connectivity index (χ3n) is 5.45. The van der Waals surface area contributed by atoms with Gasteiger partial charge in [0.25, 0.3) is 5.91 Å². The van der Waals surface area contributed by atoms with E-state index in [1.807, 2.05) is 36.4 Å². The Morgan fingerprint density at radius 2 is 1.56 bits per heavy atom. The van der Waals surface area contributed by atoms with Crippen LogP contribution in [0.5, 0.6) is 5.75 Å². The van der Waals surface area contributed by atoms with Crippen LogP contribution in [0.1, 0.15) is 17.3 Å². The zero-order valence-electron chi connectivity index (χ0n) is 18.1. The highest BCUT2D eigenvalue weighted by atomic mass is 16.5. The molecule has 1 saturated heterocycles. The van der Waals surface area contributed by atoms with E-state index in [0.717, 1.165) is 22.6 Å². The predicted octanol–water partition coefficient (Wildman–Crippen LogP) is 3.20. The van der Waals surface area contributed by atoms with Crippen molar-refractivity contribution in [2.45, 2.75) is 6.92 Å². The second kappa shape index (κ2) is 9.47. The van der Waals surface area contributed by atoms with Gasteiger partial charge in [0, 0.05) is 62.3 Å². The van der Waals surface area contributed by atoms with Gasteiger partial charge in [0.1, 0.15) is 5.75 Å². The number of nitrogens with one attached hydrogen (secondary N) is 1. The predicted molar refractivity (Wildman–Crippen MR) is 122 cm³/mol. The van der Waals surface area contributed by atoms with Gasteiger partial charge in [-0.05, 0) is 35.9 Å². The number of piperazine rings is 1. The maximum absolute atomic E-state index is 12.9. The second-order valence-corrected chi connectivity index (χ2v) is 7.53. The monoisotopic (exact) mass is 431 g/mol. The largest absolute Gasteiger partial charge is 0.497 e. The smallest absolute Gasteiger partial charge is 0.254 e. The number of aromatic nitrogens is 2. The van der Waals surface area contributed by atoms with Gasteiger partial charge in [0.15, 0.2) is 0 Å². The summed E-state index contributed by atoms with van der Waals surface area (Å²) >= 11 is 0. The molecule has 0 atom stereocenters. The van der Waals surface area contributed by atoms with Crippen LogP contribution < -0.4 is 10.1 Å². The number of hydrogen-bond donors (Lipinski definition) is 1. The molecule has 0 radical (unpaired) electrons. The Kier molecular flexibility index (Phi) is 6.30. The number of carbonyl (C=O) groups excluding carboxylic acids is 2. The van der Waals surface area contributed by atoms with Crippen LogP contribution in [0, 0.1) is 0 Å². The number of methoxy groups -OCH3 is 1. The molecule has 1 aliphatic rings. The van der Waals surface area contributed by atoms with Gasteiger partial charge >= 0.3 is 0 Å². The van der Waals surface area contributed by atoms with Gasteiger partial charge in [0.05, 0.1) is 7.11 Å². The van der Waals surface area contributed by atoms with Crippen LogP contribution in [0.25, 0.3) is 11.1 Å². The molecule has 1 aliphatic heterocycles. The summed E-state index contributed by atoms with van der Waals surface area (Å²) in [7, 11) is 1.63. The molecule has 0 spiro atoms. The molecule has 3 aromatic rings. The van der Waals surface area contributed by atoms with E-state index in [2.05, 4.69) is 15.3 Å². The number of rotatable bonds is 5. The lowest BCUT2D eigenvalue weighted by Crippen LogP contribution is -2.50. The molecule has 8 nitrogen and oxygen atoms in total. The topological polar surface area (TPSA) is 87.7 Å². The highest BCUT2D eigenvalue weighted by Gasteiger charge is 2.23. The number of hydrogen-bond acceptors (Lipinski definition) is 6. The van der Waals surface area contributed by atoms with Crippen molar-refractivity contribution in [2.24, 2.45) is 0 Å². The Labute approximate surface area is 186 Å². The average molecular weight is 431 g/mol. The highest BCUT2D eigenvalue weighted by Crippen LogP contribution is 2.22. The standard InChI is InChI=1S/C24H25N5O3/c1-17(30)28-10-12-29(13-11-28)23(31)19-4-3-5-21(14-19)27-24-25-15-20(16-26-24)18-6-8-22(32-2)9-7-18/h3-9,14-16H,10-13H2,1-2H3,(H,25,26,27). The summed E-state index contributed by atoms with van der Waals surface area (Å²) in [6.45, 7) is 3.75. The first-order chi connectivity index (χ1) is 15.5. The van der Waals surface area contributed by atoms with Crippen molar-refractivity contribution in [3.63, 3.8) is 0 Å². The Balaban J connectivity index is 1.41. The van der Waals surface area contributed by atoms with Crippen molar-refractivity contribution in [2.75, 3.05) is 38.6 Å². The lowest BCUT2D eigenvalue weighted by atomic mass is 10.1. The van der Waals surface area contributed by atoms with E-state index in [1.54, 1.807) is 48.4 Å². The van der Waals surface area contributed by atoms with Crippen LogP contribution in [0.4, 0.5) is 11.6 Å². The lowest BCUT2D eigenvalue weighted by Gasteiger charge is -2.34. The van der Waals surface area contributed by atoms with Gasteiger partial charge in [-0.3, -0.25) is 9.59 Å². The first-order valence-electron chi connectivity index (χ1n) is 10.4. The van der Waals surface area contributed by atoms with Crippen molar-refractivity contribution >= 4 is 23.5 Å². The molecule has 1 fully saturated rings. The highest BCUT2D eigenvalue weighted by molar-refractivity contribution is 5.95. The summed E-state index contributed by atoms with van der Waals surface area (Å²) in [5.74, 6) is 1.24. The van der Waals surface area contributed by atoms with Crippen molar-refractivity contribution in [1.82, 2.24) is 19.8 Å². The van der Waals surface area contributed by atoms with Gasteiger partial charge in [-0.15, -0.1) is 0 Å². The minimum atomic E-state index is -0.0485. The number of anilines is 2. The SMILES string of the molecule is COc1ccc(-c2cnc(Nc3cccc(C(=O)N4CCN(C(C)=O)CC4)c3)nc2)cc1. The lowest BCUT2D eigenvalue weighted by molar-refractivity contribution is -0.130. The molecule has 2 heterocycles. The summed E-state index contributed by atoms with van der Waals surface area (Å²) < 4.78 is 5.19. The second-order valence-electron chi connectivity index (χ2n) is 7.53. The molecule has 1 aromatic heterocycles. The Hall–Kier alpha value is -3.94. The number of ether oxygens (including phenoxy) is 1. The number of carbonyl (C=O) groups is 2. The summed E-state index contributed by atoms with van der Waals surface area (Å²) in [6.07, 6.45) is 3.50. The van der Waals surface area contributed by atoms with Crippen molar-refractivity contribution in [1.29, 1.82) is 0 Å².